The summed E-state index contributed by atoms with van der Waals surface area (Å²) in [6.45, 7) is 3.66. The molecule has 2 amide bonds. The van der Waals surface area contributed by atoms with E-state index in [4.69, 9.17) is 11.6 Å². The second-order valence-corrected chi connectivity index (χ2v) is 9.97. The van der Waals surface area contributed by atoms with Crippen LogP contribution in [0.4, 0.5) is 15.8 Å². The molecule has 2 saturated heterocycles. The molecule has 2 fully saturated rings. The average Bonchev–Trinajstić information content (AvgIpc) is 2.94. The molecule has 31 heavy (non-hydrogen) atoms. The van der Waals surface area contributed by atoms with Gasteiger partial charge >= 0.3 is 0 Å². The number of nitrogens with zero attached hydrogens (tertiary/aromatic N) is 3. The van der Waals surface area contributed by atoms with Gasteiger partial charge in [0.25, 0.3) is 5.91 Å². The number of benzene rings is 2. The molecule has 0 spiro atoms. The van der Waals surface area contributed by atoms with Gasteiger partial charge in [0.2, 0.25) is 15.9 Å². The van der Waals surface area contributed by atoms with Gasteiger partial charge in [-0.15, -0.1) is 0 Å². The van der Waals surface area contributed by atoms with E-state index in [1.807, 2.05) is 0 Å². The van der Waals surface area contributed by atoms with Gasteiger partial charge in [-0.2, -0.15) is 0 Å². The van der Waals surface area contributed by atoms with E-state index >= 15 is 0 Å². The summed E-state index contributed by atoms with van der Waals surface area (Å²) in [7, 11) is -3.74. The van der Waals surface area contributed by atoms with E-state index in [2.05, 4.69) is 4.90 Å². The normalized spacial score (nSPS) is 20.9. The molecule has 0 radical (unpaired) electrons. The fourth-order valence-electron chi connectivity index (χ4n) is 3.88. The molecular formula is C21H21ClFN3O4S. The van der Waals surface area contributed by atoms with Gasteiger partial charge in [-0.1, -0.05) is 18.5 Å². The van der Waals surface area contributed by atoms with Crippen LogP contribution >= 0.6 is 11.6 Å². The van der Waals surface area contributed by atoms with Crippen molar-refractivity contribution in [2.75, 3.05) is 41.1 Å². The molecule has 0 bridgehead atoms. The maximum absolute atomic E-state index is 13.1. The second kappa shape index (κ2) is 8.12. The Morgan fingerprint density at radius 2 is 1.65 bits per heavy atom. The first-order chi connectivity index (χ1) is 14.7. The van der Waals surface area contributed by atoms with Gasteiger partial charge in [0.05, 0.1) is 27.9 Å². The minimum Gasteiger partial charge on any atom is -0.368 e. The second-order valence-electron chi connectivity index (χ2n) is 7.70. The fraction of sp³-hybridized carbons (Fsp3) is 0.333. The highest BCUT2D eigenvalue weighted by molar-refractivity contribution is 7.94. The number of sulfonamides is 1. The molecule has 10 heteroatoms. The summed E-state index contributed by atoms with van der Waals surface area (Å²) in [6, 6.07) is 10.4. The van der Waals surface area contributed by atoms with Crippen molar-refractivity contribution in [1.29, 1.82) is 0 Å². The third kappa shape index (κ3) is 4.12. The van der Waals surface area contributed by atoms with Crippen LogP contribution in [0, 0.1) is 11.7 Å². The van der Waals surface area contributed by atoms with Crippen molar-refractivity contribution in [3.05, 3.63) is 58.9 Å². The SMILES string of the molecule is C[C@@H]1CS(=O)(=O)N(c2ccc(C(=O)N3CCN(c4ccc(F)cc4)CC3)c(Cl)c2)C1=O. The van der Waals surface area contributed by atoms with Gasteiger partial charge in [0.15, 0.2) is 0 Å². The molecule has 4 rings (SSSR count). The van der Waals surface area contributed by atoms with Crippen LogP contribution in [-0.4, -0.2) is 57.1 Å². The van der Waals surface area contributed by atoms with Gasteiger partial charge in [-0.25, -0.2) is 17.1 Å². The molecule has 2 aliphatic heterocycles. The summed E-state index contributed by atoms with van der Waals surface area (Å²) in [5.74, 6) is -1.94. The fourth-order valence-corrected chi connectivity index (χ4v) is 5.95. The number of anilines is 2. The summed E-state index contributed by atoms with van der Waals surface area (Å²) >= 11 is 6.31. The van der Waals surface area contributed by atoms with Crippen LogP contribution in [0.25, 0.3) is 0 Å². The maximum Gasteiger partial charge on any atom is 0.255 e. The Bertz CT molecular complexity index is 1130. The van der Waals surface area contributed by atoms with Crippen molar-refractivity contribution in [1.82, 2.24) is 4.90 Å². The van der Waals surface area contributed by atoms with Crippen LogP contribution in [0.5, 0.6) is 0 Å². The molecule has 2 aliphatic rings. The minimum absolute atomic E-state index is 0.0889. The van der Waals surface area contributed by atoms with E-state index in [9.17, 15) is 22.4 Å². The molecule has 1 atom stereocenters. The Kier molecular flexibility index (Phi) is 5.65. The van der Waals surface area contributed by atoms with Crippen molar-refractivity contribution in [2.45, 2.75) is 6.92 Å². The van der Waals surface area contributed by atoms with Gasteiger partial charge in [0.1, 0.15) is 5.82 Å². The van der Waals surface area contributed by atoms with Gasteiger partial charge in [0, 0.05) is 31.9 Å². The number of carbonyl (C=O) groups is 2. The zero-order chi connectivity index (χ0) is 22.3. The lowest BCUT2D eigenvalue weighted by Crippen LogP contribution is -2.48. The highest BCUT2D eigenvalue weighted by atomic mass is 35.5. The smallest absolute Gasteiger partial charge is 0.255 e. The van der Waals surface area contributed by atoms with E-state index in [1.165, 1.54) is 30.3 Å². The third-order valence-corrected chi connectivity index (χ3v) is 7.72. The molecular weight excluding hydrogens is 445 g/mol. The van der Waals surface area contributed by atoms with Crippen LogP contribution in [-0.2, 0) is 14.8 Å². The van der Waals surface area contributed by atoms with E-state index in [0.717, 1.165) is 9.99 Å². The highest BCUT2D eigenvalue weighted by Gasteiger charge is 2.42. The van der Waals surface area contributed by atoms with E-state index < -0.39 is 21.8 Å². The third-order valence-electron chi connectivity index (χ3n) is 5.54. The quantitative estimate of drug-likeness (QED) is 0.696. The Morgan fingerprint density at radius 3 is 2.19 bits per heavy atom. The number of halogens is 2. The molecule has 164 valence electrons. The van der Waals surface area contributed by atoms with Crippen molar-refractivity contribution in [3.8, 4) is 0 Å². The van der Waals surface area contributed by atoms with Crippen molar-refractivity contribution < 1.29 is 22.4 Å². The lowest BCUT2D eigenvalue weighted by atomic mass is 10.1. The van der Waals surface area contributed by atoms with Crippen molar-refractivity contribution >= 4 is 44.8 Å². The Morgan fingerprint density at radius 1 is 1.03 bits per heavy atom. The van der Waals surface area contributed by atoms with Crippen LogP contribution < -0.4 is 9.21 Å². The Hall–Kier alpha value is -2.65. The van der Waals surface area contributed by atoms with E-state index in [-0.39, 0.29) is 33.8 Å². The maximum atomic E-state index is 13.1. The van der Waals surface area contributed by atoms with E-state index in [1.54, 1.807) is 24.0 Å². The first kappa shape index (κ1) is 21.6. The number of rotatable bonds is 3. The zero-order valence-corrected chi connectivity index (χ0v) is 18.4. The Balaban J connectivity index is 1.47. The molecule has 0 N–H and O–H groups in total. The molecule has 7 nitrogen and oxygen atoms in total. The van der Waals surface area contributed by atoms with Gasteiger partial charge in [-0.3, -0.25) is 9.59 Å². The van der Waals surface area contributed by atoms with Crippen molar-refractivity contribution in [2.24, 2.45) is 5.92 Å². The van der Waals surface area contributed by atoms with Crippen LogP contribution in [0.2, 0.25) is 5.02 Å². The first-order valence-electron chi connectivity index (χ1n) is 9.83. The largest absolute Gasteiger partial charge is 0.368 e. The lowest BCUT2D eigenvalue weighted by Gasteiger charge is -2.36. The van der Waals surface area contributed by atoms with Crippen LogP contribution in [0.3, 0.4) is 0 Å². The molecule has 2 aromatic carbocycles. The molecule has 2 aromatic rings. The molecule has 0 unspecified atom stereocenters. The van der Waals surface area contributed by atoms with Crippen molar-refractivity contribution in [3.63, 3.8) is 0 Å². The number of carbonyl (C=O) groups excluding carboxylic acids is 2. The standard InChI is InChI=1S/C21H21ClFN3O4S/c1-14-13-31(29,30)26(20(14)27)17-6-7-18(19(22)12-17)21(28)25-10-8-24(9-11-25)16-4-2-15(23)3-5-16/h2-7,12,14H,8-11,13H2,1H3/t14-/m1/s1. The molecule has 0 saturated carbocycles. The predicted octanol–water partition coefficient (Wildman–Crippen LogP) is 2.75. The minimum atomic E-state index is -3.74. The van der Waals surface area contributed by atoms with Crippen LogP contribution in [0.1, 0.15) is 17.3 Å². The topological polar surface area (TPSA) is 78.0 Å². The monoisotopic (exact) mass is 465 g/mol. The summed E-state index contributed by atoms with van der Waals surface area (Å²) in [6.07, 6.45) is 0. The highest BCUT2D eigenvalue weighted by Crippen LogP contribution is 2.32. The summed E-state index contributed by atoms with van der Waals surface area (Å²) in [5, 5.41) is 0.0889. The molecule has 0 aromatic heterocycles. The number of piperazine rings is 1. The molecule has 2 heterocycles. The number of hydrogen-bond acceptors (Lipinski definition) is 5. The summed E-state index contributed by atoms with van der Waals surface area (Å²) < 4.78 is 38.5. The van der Waals surface area contributed by atoms with E-state index in [0.29, 0.717) is 26.2 Å². The van der Waals surface area contributed by atoms with Gasteiger partial charge < -0.3 is 9.80 Å². The number of hydrogen-bond donors (Lipinski definition) is 0. The molecule has 0 aliphatic carbocycles. The van der Waals surface area contributed by atoms with Gasteiger partial charge in [-0.05, 0) is 42.5 Å². The van der Waals surface area contributed by atoms with Crippen LogP contribution in [0.15, 0.2) is 42.5 Å². The summed E-state index contributed by atoms with van der Waals surface area (Å²) in [5.41, 5.74) is 1.27. The zero-order valence-electron chi connectivity index (χ0n) is 16.8. The lowest BCUT2D eigenvalue weighted by molar-refractivity contribution is -0.119. The Labute approximate surface area is 185 Å². The summed E-state index contributed by atoms with van der Waals surface area (Å²) in [4.78, 5) is 29.0. The predicted molar refractivity (Wildman–Crippen MR) is 116 cm³/mol. The average molecular weight is 466 g/mol. The number of amides is 2. The first-order valence-corrected chi connectivity index (χ1v) is 11.8.